The van der Waals surface area contributed by atoms with Crippen molar-refractivity contribution in [1.29, 1.82) is 0 Å². The van der Waals surface area contributed by atoms with Crippen LogP contribution in [0.15, 0.2) is 58.0 Å². The predicted molar refractivity (Wildman–Crippen MR) is 110 cm³/mol. The lowest BCUT2D eigenvalue weighted by Crippen LogP contribution is -2.42. The molecule has 0 aliphatic carbocycles. The summed E-state index contributed by atoms with van der Waals surface area (Å²) in [4.78, 5) is 18.2. The average molecular weight is 435 g/mol. The van der Waals surface area contributed by atoms with Gasteiger partial charge in [-0.05, 0) is 29.3 Å². The molecule has 0 saturated carbocycles. The van der Waals surface area contributed by atoms with E-state index in [9.17, 15) is 9.18 Å². The minimum absolute atomic E-state index is 0.0973. The summed E-state index contributed by atoms with van der Waals surface area (Å²) in [6.45, 7) is 1.74. The minimum atomic E-state index is -0.304. The van der Waals surface area contributed by atoms with Gasteiger partial charge in [0.2, 0.25) is 5.91 Å². The van der Waals surface area contributed by atoms with E-state index in [-0.39, 0.29) is 18.1 Å². The zero-order valence-electron chi connectivity index (χ0n) is 15.5. The van der Waals surface area contributed by atoms with Crippen molar-refractivity contribution in [1.82, 2.24) is 15.5 Å². The first kappa shape index (κ1) is 20.9. The van der Waals surface area contributed by atoms with Gasteiger partial charge in [-0.15, -0.1) is 0 Å². The maximum absolute atomic E-state index is 12.9. The Morgan fingerprint density at radius 3 is 2.44 bits per heavy atom. The van der Waals surface area contributed by atoms with E-state index in [1.165, 1.54) is 12.1 Å². The Morgan fingerprint density at radius 2 is 1.78 bits per heavy atom. The molecule has 0 radical (unpaired) electrons. The summed E-state index contributed by atoms with van der Waals surface area (Å²) in [6.07, 6.45) is 0.233. The van der Waals surface area contributed by atoms with Crippen LogP contribution in [0, 0.1) is 5.82 Å². The third kappa shape index (κ3) is 7.02. The molecule has 0 bridgehead atoms. The molecule has 2 rings (SSSR count). The molecule has 2 aromatic rings. The molecule has 1 amide bonds. The number of amides is 1. The van der Waals surface area contributed by atoms with Crippen LogP contribution in [0.3, 0.4) is 0 Å². The summed E-state index contributed by atoms with van der Waals surface area (Å²) >= 11 is 3.55. The van der Waals surface area contributed by atoms with E-state index in [1.807, 2.05) is 30.1 Å². The smallest absolute Gasteiger partial charge is 0.224 e. The van der Waals surface area contributed by atoms with Gasteiger partial charge in [0.05, 0.1) is 6.42 Å². The molecule has 0 spiro atoms. The van der Waals surface area contributed by atoms with Crippen LogP contribution in [-0.4, -0.2) is 44.0 Å². The van der Waals surface area contributed by atoms with Crippen molar-refractivity contribution in [3.63, 3.8) is 0 Å². The topological polar surface area (TPSA) is 56.7 Å². The number of halogens is 2. The van der Waals surface area contributed by atoms with Crippen molar-refractivity contribution in [2.75, 3.05) is 27.2 Å². The van der Waals surface area contributed by atoms with Gasteiger partial charge in [-0.1, -0.05) is 46.3 Å². The fourth-order valence-corrected chi connectivity index (χ4v) is 2.98. The number of carbonyl (C=O) groups is 1. The molecule has 0 heterocycles. The van der Waals surface area contributed by atoms with Crippen molar-refractivity contribution in [3.05, 3.63) is 69.9 Å². The molecule has 7 heteroatoms. The van der Waals surface area contributed by atoms with Crippen LogP contribution in [0.1, 0.15) is 11.1 Å². The largest absolute Gasteiger partial charge is 0.354 e. The maximum Gasteiger partial charge on any atom is 0.224 e. The lowest BCUT2D eigenvalue weighted by molar-refractivity contribution is -0.120. The van der Waals surface area contributed by atoms with Crippen LogP contribution in [0.5, 0.6) is 0 Å². The molecule has 0 atom stereocenters. The van der Waals surface area contributed by atoms with Crippen molar-refractivity contribution in [2.24, 2.45) is 4.99 Å². The lowest BCUT2D eigenvalue weighted by Gasteiger charge is -2.22. The van der Waals surface area contributed by atoms with Crippen LogP contribution in [0.25, 0.3) is 0 Å². The number of carbonyl (C=O) groups excluding carboxylic acids is 1. The Labute approximate surface area is 167 Å². The van der Waals surface area contributed by atoms with E-state index in [4.69, 9.17) is 0 Å². The zero-order valence-corrected chi connectivity index (χ0v) is 17.1. The molecule has 0 aliphatic rings. The van der Waals surface area contributed by atoms with Crippen molar-refractivity contribution < 1.29 is 9.18 Å². The number of guanidine groups is 1. The summed E-state index contributed by atoms with van der Waals surface area (Å²) in [7, 11) is 3.69. The Hall–Kier alpha value is -2.41. The molecule has 0 aromatic heterocycles. The molecule has 0 unspecified atom stereocenters. The molecule has 2 N–H and O–H groups in total. The van der Waals surface area contributed by atoms with Crippen LogP contribution < -0.4 is 10.6 Å². The third-order valence-corrected chi connectivity index (χ3v) is 4.72. The molecule has 0 fully saturated rings. The van der Waals surface area contributed by atoms with E-state index in [0.29, 0.717) is 19.6 Å². The summed E-state index contributed by atoms with van der Waals surface area (Å²) < 4.78 is 13.9. The minimum Gasteiger partial charge on any atom is -0.354 e. The van der Waals surface area contributed by atoms with E-state index >= 15 is 0 Å². The lowest BCUT2D eigenvalue weighted by atomic mass is 10.1. The van der Waals surface area contributed by atoms with Gasteiger partial charge in [-0.3, -0.25) is 9.79 Å². The van der Waals surface area contributed by atoms with E-state index in [2.05, 4.69) is 37.6 Å². The van der Waals surface area contributed by atoms with Crippen molar-refractivity contribution >= 4 is 27.8 Å². The monoisotopic (exact) mass is 434 g/mol. The van der Waals surface area contributed by atoms with Crippen molar-refractivity contribution in [2.45, 2.75) is 13.0 Å². The Balaban J connectivity index is 1.73. The SMILES string of the molecule is CN=C(NCCNC(=O)Cc1ccc(F)cc1)N(C)Cc1ccccc1Br. The number of hydrogen-bond donors (Lipinski definition) is 2. The third-order valence-electron chi connectivity index (χ3n) is 3.95. The highest BCUT2D eigenvalue weighted by atomic mass is 79.9. The predicted octanol–water partition coefficient (Wildman–Crippen LogP) is 2.95. The van der Waals surface area contributed by atoms with Gasteiger partial charge < -0.3 is 15.5 Å². The fourth-order valence-electron chi connectivity index (χ4n) is 2.57. The first-order valence-corrected chi connectivity index (χ1v) is 9.45. The van der Waals surface area contributed by atoms with Crippen LogP contribution in [0.4, 0.5) is 4.39 Å². The molecule has 0 saturated heterocycles. The summed E-state index contributed by atoms with van der Waals surface area (Å²) in [6, 6.07) is 14.0. The van der Waals surface area contributed by atoms with E-state index in [1.54, 1.807) is 19.2 Å². The Bertz CT molecular complexity index is 780. The second kappa shape index (κ2) is 10.7. The first-order valence-electron chi connectivity index (χ1n) is 8.66. The highest BCUT2D eigenvalue weighted by Gasteiger charge is 2.08. The van der Waals surface area contributed by atoms with Gasteiger partial charge in [0.15, 0.2) is 5.96 Å². The highest BCUT2D eigenvalue weighted by molar-refractivity contribution is 9.10. The van der Waals surface area contributed by atoms with Crippen LogP contribution in [0.2, 0.25) is 0 Å². The zero-order chi connectivity index (χ0) is 19.6. The van der Waals surface area contributed by atoms with Crippen LogP contribution in [-0.2, 0) is 17.8 Å². The number of nitrogens with zero attached hydrogens (tertiary/aromatic N) is 2. The standard InChI is InChI=1S/C20H24BrFN4O/c1-23-20(26(2)14-16-5-3-4-6-18(16)21)25-12-11-24-19(27)13-15-7-9-17(22)10-8-15/h3-10H,11-14H2,1-2H3,(H,23,25)(H,24,27). The summed E-state index contributed by atoms with van der Waals surface area (Å²) in [5.74, 6) is 0.347. The Morgan fingerprint density at radius 1 is 1.11 bits per heavy atom. The number of nitrogens with one attached hydrogen (secondary N) is 2. The molecular formula is C20H24BrFN4O. The van der Waals surface area contributed by atoms with Gasteiger partial charge in [0.1, 0.15) is 5.82 Å². The second-order valence-corrected chi connectivity index (χ2v) is 6.93. The molecule has 0 aliphatic heterocycles. The number of hydrogen-bond acceptors (Lipinski definition) is 2. The molecule has 5 nitrogen and oxygen atoms in total. The average Bonchev–Trinajstić information content (AvgIpc) is 2.65. The number of rotatable bonds is 7. The van der Waals surface area contributed by atoms with Gasteiger partial charge in [0.25, 0.3) is 0 Å². The summed E-state index contributed by atoms with van der Waals surface area (Å²) in [5, 5.41) is 6.08. The van der Waals surface area contributed by atoms with E-state index < -0.39 is 0 Å². The first-order chi connectivity index (χ1) is 13.0. The summed E-state index contributed by atoms with van der Waals surface area (Å²) in [5.41, 5.74) is 1.95. The quantitative estimate of drug-likeness (QED) is 0.400. The Kier molecular flexibility index (Phi) is 8.26. The molecule has 27 heavy (non-hydrogen) atoms. The van der Waals surface area contributed by atoms with Gasteiger partial charge >= 0.3 is 0 Å². The van der Waals surface area contributed by atoms with Gasteiger partial charge in [-0.2, -0.15) is 0 Å². The molecule has 144 valence electrons. The van der Waals surface area contributed by atoms with E-state index in [0.717, 1.165) is 21.6 Å². The fraction of sp³-hybridized carbons (Fsp3) is 0.300. The second-order valence-electron chi connectivity index (χ2n) is 6.07. The van der Waals surface area contributed by atoms with Crippen molar-refractivity contribution in [3.8, 4) is 0 Å². The maximum atomic E-state index is 12.9. The normalized spacial score (nSPS) is 11.2. The van der Waals surface area contributed by atoms with Gasteiger partial charge in [0, 0.05) is 38.2 Å². The highest BCUT2D eigenvalue weighted by Crippen LogP contribution is 2.17. The van der Waals surface area contributed by atoms with Crippen LogP contribution >= 0.6 is 15.9 Å². The molecule has 2 aromatic carbocycles. The molecular weight excluding hydrogens is 411 g/mol. The van der Waals surface area contributed by atoms with Gasteiger partial charge in [-0.25, -0.2) is 4.39 Å². The number of aliphatic imine (C=N–C) groups is 1. The number of benzene rings is 2.